The molecule has 0 radical (unpaired) electrons. The van der Waals surface area contributed by atoms with Gasteiger partial charge in [-0.15, -0.1) is 0 Å². The Morgan fingerprint density at radius 1 is 1.22 bits per heavy atom. The molecule has 0 aliphatic carbocycles. The van der Waals surface area contributed by atoms with Crippen molar-refractivity contribution in [2.24, 2.45) is 0 Å². The summed E-state index contributed by atoms with van der Waals surface area (Å²) < 4.78 is 5.79. The zero-order valence-corrected chi connectivity index (χ0v) is 15.3. The van der Waals surface area contributed by atoms with Gasteiger partial charge in [-0.05, 0) is 49.2 Å². The van der Waals surface area contributed by atoms with Crippen LogP contribution >= 0.6 is 0 Å². The van der Waals surface area contributed by atoms with Gasteiger partial charge in [0.1, 0.15) is 11.5 Å². The molecule has 2 amide bonds. The van der Waals surface area contributed by atoms with E-state index in [0.717, 1.165) is 28.5 Å². The second-order valence-electron chi connectivity index (χ2n) is 6.53. The van der Waals surface area contributed by atoms with Crippen molar-refractivity contribution < 1.29 is 19.4 Å². The van der Waals surface area contributed by atoms with Gasteiger partial charge in [0.25, 0.3) is 5.91 Å². The molecule has 1 aliphatic heterocycles. The van der Waals surface area contributed by atoms with E-state index in [9.17, 15) is 14.7 Å². The largest absolute Gasteiger partial charge is 0.507 e. The quantitative estimate of drug-likeness (QED) is 0.572. The fourth-order valence-corrected chi connectivity index (χ4v) is 3.22. The smallest absolute Gasteiger partial charge is 0.255 e. The van der Waals surface area contributed by atoms with Crippen molar-refractivity contribution in [3.8, 4) is 11.5 Å². The highest BCUT2D eigenvalue weighted by Crippen LogP contribution is 2.37. The lowest BCUT2D eigenvalue weighted by Crippen LogP contribution is -2.33. The number of benzene rings is 2. The lowest BCUT2D eigenvalue weighted by molar-refractivity contribution is -0.111. The van der Waals surface area contributed by atoms with Crippen LogP contribution in [0.1, 0.15) is 39.5 Å². The monoisotopic (exact) mass is 366 g/mol. The van der Waals surface area contributed by atoms with E-state index in [1.165, 1.54) is 18.2 Å². The molecule has 2 aromatic carbocycles. The third kappa shape index (κ3) is 3.79. The van der Waals surface area contributed by atoms with Crippen LogP contribution in [0.2, 0.25) is 0 Å². The van der Waals surface area contributed by atoms with Crippen molar-refractivity contribution in [2.75, 3.05) is 11.9 Å². The Labute approximate surface area is 157 Å². The van der Waals surface area contributed by atoms with Gasteiger partial charge in [-0.25, -0.2) is 0 Å². The summed E-state index contributed by atoms with van der Waals surface area (Å²) in [4.78, 5) is 24.3. The van der Waals surface area contributed by atoms with Gasteiger partial charge in [-0.2, -0.15) is 0 Å². The van der Waals surface area contributed by atoms with Crippen molar-refractivity contribution in [1.29, 1.82) is 0 Å². The topological polar surface area (TPSA) is 87.7 Å². The molecule has 6 heteroatoms. The second kappa shape index (κ2) is 7.53. The van der Waals surface area contributed by atoms with E-state index < -0.39 is 11.8 Å². The molecule has 0 spiro atoms. The summed E-state index contributed by atoms with van der Waals surface area (Å²) in [5.41, 5.74) is 3.52. The molecule has 0 aromatic heterocycles. The Hall–Kier alpha value is -3.28. The number of nitrogens with one attached hydrogen (secondary N) is 2. The maximum Gasteiger partial charge on any atom is 0.255 e. The number of amides is 2. The molecule has 140 valence electrons. The van der Waals surface area contributed by atoms with Crippen LogP contribution in [-0.2, 0) is 4.79 Å². The average Bonchev–Trinajstić information content (AvgIpc) is 2.66. The first-order valence-electron chi connectivity index (χ1n) is 8.71. The molecule has 1 atom stereocenters. The van der Waals surface area contributed by atoms with Crippen molar-refractivity contribution in [3.63, 3.8) is 0 Å². The lowest BCUT2D eigenvalue weighted by Gasteiger charge is -2.29. The number of hydrogen-bond acceptors (Lipinski definition) is 4. The van der Waals surface area contributed by atoms with Crippen LogP contribution < -0.4 is 15.4 Å². The Balaban J connectivity index is 1.87. The molecular weight excluding hydrogens is 344 g/mol. The van der Waals surface area contributed by atoms with Gasteiger partial charge in [0.2, 0.25) is 5.91 Å². The molecule has 3 rings (SSSR count). The highest BCUT2D eigenvalue weighted by Gasteiger charge is 2.27. The molecule has 0 saturated heterocycles. The maximum absolute atomic E-state index is 12.8. The van der Waals surface area contributed by atoms with E-state index in [0.29, 0.717) is 18.7 Å². The lowest BCUT2D eigenvalue weighted by atomic mass is 9.93. The SMILES string of the molecule is C=CC(=O)Nc1ccc(O)c(C(=O)N[C@@H]2CCOc3c(C)ccc(C)c32)c1. The summed E-state index contributed by atoms with van der Waals surface area (Å²) in [5, 5.41) is 15.7. The number of fused-ring (bicyclic) bond motifs is 1. The number of anilines is 1. The van der Waals surface area contributed by atoms with Crippen LogP contribution in [0.15, 0.2) is 43.0 Å². The molecular formula is C21H22N2O4. The third-order valence-electron chi connectivity index (χ3n) is 4.61. The van der Waals surface area contributed by atoms with Crippen LogP contribution in [0, 0.1) is 13.8 Å². The Kier molecular flexibility index (Phi) is 5.16. The van der Waals surface area contributed by atoms with Crippen LogP contribution in [-0.4, -0.2) is 23.5 Å². The Morgan fingerprint density at radius 3 is 2.70 bits per heavy atom. The molecule has 0 bridgehead atoms. The first-order valence-corrected chi connectivity index (χ1v) is 8.71. The first kappa shape index (κ1) is 18.5. The number of carbonyl (C=O) groups excluding carboxylic acids is 2. The number of aryl methyl sites for hydroxylation is 2. The fourth-order valence-electron chi connectivity index (χ4n) is 3.22. The van der Waals surface area contributed by atoms with Crippen molar-refractivity contribution in [2.45, 2.75) is 26.3 Å². The second-order valence-corrected chi connectivity index (χ2v) is 6.53. The van der Waals surface area contributed by atoms with Gasteiger partial charge in [0.15, 0.2) is 0 Å². The van der Waals surface area contributed by atoms with Crippen LogP contribution in [0.25, 0.3) is 0 Å². The molecule has 1 aliphatic rings. The highest BCUT2D eigenvalue weighted by atomic mass is 16.5. The fraction of sp³-hybridized carbons (Fsp3) is 0.238. The van der Waals surface area contributed by atoms with Gasteiger partial charge >= 0.3 is 0 Å². The van der Waals surface area contributed by atoms with Crippen molar-refractivity contribution in [1.82, 2.24) is 5.32 Å². The predicted molar refractivity (Wildman–Crippen MR) is 103 cm³/mol. The van der Waals surface area contributed by atoms with Crippen LogP contribution in [0.4, 0.5) is 5.69 Å². The van der Waals surface area contributed by atoms with Gasteiger partial charge < -0.3 is 20.5 Å². The van der Waals surface area contributed by atoms with E-state index in [-0.39, 0.29) is 17.4 Å². The van der Waals surface area contributed by atoms with Crippen LogP contribution in [0.5, 0.6) is 11.5 Å². The van der Waals surface area contributed by atoms with E-state index >= 15 is 0 Å². The minimum Gasteiger partial charge on any atom is -0.507 e. The highest BCUT2D eigenvalue weighted by molar-refractivity contribution is 6.02. The third-order valence-corrected chi connectivity index (χ3v) is 4.61. The molecule has 2 aromatic rings. The van der Waals surface area contributed by atoms with E-state index in [2.05, 4.69) is 17.2 Å². The summed E-state index contributed by atoms with van der Waals surface area (Å²) in [6.07, 6.45) is 1.77. The summed E-state index contributed by atoms with van der Waals surface area (Å²) in [6.45, 7) is 7.85. The number of carbonyl (C=O) groups is 2. The summed E-state index contributed by atoms with van der Waals surface area (Å²) in [6, 6.07) is 8.12. The number of aromatic hydroxyl groups is 1. The maximum atomic E-state index is 12.8. The Bertz CT molecular complexity index is 921. The molecule has 0 saturated carbocycles. The van der Waals surface area contributed by atoms with E-state index in [1.54, 1.807) is 0 Å². The van der Waals surface area contributed by atoms with Crippen molar-refractivity contribution >= 4 is 17.5 Å². The normalized spacial score (nSPS) is 15.3. The Morgan fingerprint density at radius 2 is 1.96 bits per heavy atom. The van der Waals surface area contributed by atoms with Crippen molar-refractivity contribution in [3.05, 3.63) is 65.2 Å². The van der Waals surface area contributed by atoms with Gasteiger partial charge in [-0.3, -0.25) is 9.59 Å². The van der Waals surface area contributed by atoms with Gasteiger partial charge in [0, 0.05) is 17.7 Å². The summed E-state index contributed by atoms with van der Waals surface area (Å²) >= 11 is 0. The number of rotatable bonds is 4. The standard InChI is InChI=1S/C21H22N2O4/c1-4-18(25)22-14-7-8-17(24)15(11-14)21(26)23-16-9-10-27-20-13(3)6-5-12(2)19(16)20/h4-8,11,16,24H,1,9-10H2,2-3H3,(H,22,25)(H,23,26)/t16-/m1/s1. The average molecular weight is 366 g/mol. The van der Waals surface area contributed by atoms with Crippen LogP contribution in [0.3, 0.4) is 0 Å². The molecule has 1 heterocycles. The summed E-state index contributed by atoms with van der Waals surface area (Å²) in [7, 11) is 0. The molecule has 27 heavy (non-hydrogen) atoms. The molecule has 0 unspecified atom stereocenters. The van der Waals surface area contributed by atoms with Gasteiger partial charge in [-0.1, -0.05) is 18.7 Å². The van der Waals surface area contributed by atoms with E-state index in [4.69, 9.17) is 4.74 Å². The summed E-state index contributed by atoms with van der Waals surface area (Å²) in [5.74, 6) is -0.155. The number of phenols is 1. The molecule has 3 N–H and O–H groups in total. The molecule has 6 nitrogen and oxygen atoms in total. The zero-order valence-electron chi connectivity index (χ0n) is 15.3. The first-order chi connectivity index (χ1) is 12.9. The minimum absolute atomic E-state index is 0.0928. The number of hydrogen-bond donors (Lipinski definition) is 3. The zero-order chi connectivity index (χ0) is 19.6. The van der Waals surface area contributed by atoms with Gasteiger partial charge in [0.05, 0.1) is 18.2 Å². The minimum atomic E-state index is -0.416. The predicted octanol–water partition coefficient (Wildman–Crippen LogP) is 3.39. The molecule has 0 fully saturated rings. The number of phenolic OH excluding ortho intramolecular Hbond substituents is 1. The van der Waals surface area contributed by atoms with E-state index in [1.807, 2.05) is 26.0 Å². The number of ether oxygens (including phenoxy) is 1.